The van der Waals surface area contributed by atoms with Gasteiger partial charge in [-0.15, -0.1) is 0 Å². The molecule has 0 amide bonds. The Hall–Kier alpha value is -2.08. The summed E-state index contributed by atoms with van der Waals surface area (Å²) in [5, 5.41) is 8.37. The molecular weight excluding hydrogens is 260 g/mol. The van der Waals surface area contributed by atoms with Gasteiger partial charge >= 0.3 is 5.97 Å². The van der Waals surface area contributed by atoms with Crippen molar-refractivity contribution in [1.82, 2.24) is 5.48 Å². The van der Waals surface area contributed by atoms with Gasteiger partial charge in [0, 0.05) is 6.92 Å². The van der Waals surface area contributed by atoms with E-state index in [-0.39, 0.29) is 5.97 Å². The molecule has 0 bridgehead atoms. The SMILES string of the molecule is CC(=O)OCCCCCOc1ccc(N=CNO)cc1. The van der Waals surface area contributed by atoms with Crippen LogP contribution < -0.4 is 10.2 Å². The van der Waals surface area contributed by atoms with E-state index in [0.717, 1.165) is 30.7 Å². The third-order valence-electron chi connectivity index (χ3n) is 2.47. The van der Waals surface area contributed by atoms with Crippen molar-refractivity contribution in [2.45, 2.75) is 26.2 Å². The van der Waals surface area contributed by atoms with Crippen LogP contribution in [-0.4, -0.2) is 30.7 Å². The van der Waals surface area contributed by atoms with Crippen LogP contribution in [0, 0.1) is 0 Å². The molecule has 1 aromatic rings. The number of hydrogen-bond donors (Lipinski definition) is 2. The van der Waals surface area contributed by atoms with Crippen molar-refractivity contribution in [2.75, 3.05) is 13.2 Å². The summed E-state index contributed by atoms with van der Waals surface area (Å²) < 4.78 is 10.4. The van der Waals surface area contributed by atoms with Gasteiger partial charge in [-0.1, -0.05) is 0 Å². The Kier molecular flexibility index (Phi) is 7.83. The number of benzene rings is 1. The minimum Gasteiger partial charge on any atom is -0.494 e. The number of ether oxygens (including phenoxy) is 2. The normalized spacial score (nSPS) is 10.5. The summed E-state index contributed by atoms with van der Waals surface area (Å²) in [4.78, 5) is 14.5. The monoisotopic (exact) mass is 280 g/mol. The molecule has 0 spiro atoms. The van der Waals surface area contributed by atoms with Gasteiger partial charge in [0.15, 0.2) is 0 Å². The molecule has 1 aromatic carbocycles. The molecule has 0 aromatic heterocycles. The molecule has 0 atom stereocenters. The van der Waals surface area contributed by atoms with Crippen LogP contribution in [0.15, 0.2) is 29.3 Å². The standard InChI is InChI=1S/C14H20N2O4/c1-12(17)19-9-3-2-4-10-20-14-7-5-13(6-8-14)15-11-16-18/h5-8,11,18H,2-4,9-10H2,1H3,(H,15,16). The highest BCUT2D eigenvalue weighted by Crippen LogP contribution is 2.17. The summed E-state index contributed by atoms with van der Waals surface area (Å²) in [6, 6.07) is 7.24. The number of rotatable bonds is 9. The Morgan fingerprint density at radius 2 is 1.95 bits per heavy atom. The summed E-state index contributed by atoms with van der Waals surface area (Å²) in [5.74, 6) is 0.543. The molecule has 0 radical (unpaired) electrons. The minimum atomic E-state index is -0.236. The van der Waals surface area contributed by atoms with Crippen molar-refractivity contribution in [2.24, 2.45) is 4.99 Å². The molecule has 2 N–H and O–H groups in total. The number of unbranched alkanes of at least 4 members (excludes halogenated alkanes) is 2. The molecular formula is C14H20N2O4. The molecule has 6 heteroatoms. The van der Waals surface area contributed by atoms with E-state index in [1.165, 1.54) is 13.3 Å². The fourth-order valence-corrected chi connectivity index (χ4v) is 1.52. The first kappa shape index (κ1) is 16.0. The van der Waals surface area contributed by atoms with Crippen LogP contribution in [0.5, 0.6) is 5.75 Å². The molecule has 20 heavy (non-hydrogen) atoms. The Balaban J connectivity index is 2.13. The molecule has 0 aliphatic rings. The van der Waals surface area contributed by atoms with E-state index in [1.54, 1.807) is 12.1 Å². The fourth-order valence-electron chi connectivity index (χ4n) is 1.52. The number of nitrogens with one attached hydrogen (secondary N) is 1. The van der Waals surface area contributed by atoms with Gasteiger partial charge in [-0.3, -0.25) is 15.5 Å². The Morgan fingerprint density at radius 1 is 1.25 bits per heavy atom. The van der Waals surface area contributed by atoms with E-state index in [0.29, 0.717) is 13.2 Å². The number of hydrogen-bond acceptors (Lipinski definition) is 5. The zero-order chi connectivity index (χ0) is 14.6. The van der Waals surface area contributed by atoms with Crippen LogP contribution in [0.3, 0.4) is 0 Å². The van der Waals surface area contributed by atoms with Crippen LogP contribution in [-0.2, 0) is 9.53 Å². The fraction of sp³-hybridized carbons (Fsp3) is 0.429. The number of carbonyl (C=O) groups is 1. The summed E-state index contributed by atoms with van der Waals surface area (Å²) in [5.41, 5.74) is 2.56. The van der Waals surface area contributed by atoms with E-state index in [4.69, 9.17) is 14.7 Å². The quantitative estimate of drug-likeness (QED) is 0.239. The second kappa shape index (κ2) is 9.80. The smallest absolute Gasteiger partial charge is 0.302 e. The largest absolute Gasteiger partial charge is 0.494 e. The van der Waals surface area contributed by atoms with Crippen molar-refractivity contribution in [3.05, 3.63) is 24.3 Å². The van der Waals surface area contributed by atoms with Gasteiger partial charge in [-0.2, -0.15) is 0 Å². The number of hydroxylamine groups is 1. The van der Waals surface area contributed by atoms with Gasteiger partial charge in [0.25, 0.3) is 0 Å². The molecule has 1 rings (SSSR count). The van der Waals surface area contributed by atoms with Crippen LogP contribution >= 0.6 is 0 Å². The van der Waals surface area contributed by atoms with Gasteiger partial charge in [0.2, 0.25) is 0 Å². The third kappa shape index (κ3) is 7.38. The summed E-state index contributed by atoms with van der Waals surface area (Å²) in [6.07, 6.45) is 3.91. The minimum absolute atomic E-state index is 0.236. The van der Waals surface area contributed by atoms with Crippen molar-refractivity contribution >= 4 is 18.0 Å². The molecule has 110 valence electrons. The van der Waals surface area contributed by atoms with E-state index in [9.17, 15) is 4.79 Å². The number of carbonyl (C=O) groups excluding carboxylic acids is 1. The maximum Gasteiger partial charge on any atom is 0.302 e. The average molecular weight is 280 g/mol. The predicted molar refractivity (Wildman–Crippen MR) is 75.5 cm³/mol. The lowest BCUT2D eigenvalue weighted by molar-refractivity contribution is -0.141. The highest BCUT2D eigenvalue weighted by molar-refractivity contribution is 5.65. The molecule has 0 heterocycles. The van der Waals surface area contributed by atoms with Crippen molar-refractivity contribution < 1.29 is 19.5 Å². The molecule has 0 aliphatic carbocycles. The van der Waals surface area contributed by atoms with Crippen LogP contribution in [0.4, 0.5) is 5.69 Å². The Bertz CT molecular complexity index is 418. The third-order valence-corrected chi connectivity index (χ3v) is 2.47. The first-order chi connectivity index (χ1) is 9.72. The Morgan fingerprint density at radius 3 is 2.60 bits per heavy atom. The molecule has 6 nitrogen and oxygen atoms in total. The molecule has 0 aliphatic heterocycles. The maximum atomic E-state index is 10.5. The van der Waals surface area contributed by atoms with E-state index in [2.05, 4.69) is 4.99 Å². The zero-order valence-corrected chi connectivity index (χ0v) is 11.5. The van der Waals surface area contributed by atoms with Gasteiger partial charge < -0.3 is 9.47 Å². The lowest BCUT2D eigenvalue weighted by Crippen LogP contribution is -2.02. The molecule has 0 saturated carbocycles. The second-order valence-corrected chi connectivity index (χ2v) is 4.13. The van der Waals surface area contributed by atoms with E-state index < -0.39 is 0 Å². The van der Waals surface area contributed by atoms with Gasteiger partial charge in [-0.05, 0) is 43.5 Å². The average Bonchev–Trinajstić information content (AvgIpc) is 2.45. The summed E-state index contributed by atoms with van der Waals surface area (Å²) in [7, 11) is 0. The number of esters is 1. The van der Waals surface area contributed by atoms with Gasteiger partial charge in [0.05, 0.1) is 18.9 Å². The van der Waals surface area contributed by atoms with Gasteiger partial charge in [0.1, 0.15) is 12.1 Å². The lowest BCUT2D eigenvalue weighted by Gasteiger charge is -2.06. The van der Waals surface area contributed by atoms with E-state index >= 15 is 0 Å². The summed E-state index contributed by atoms with van der Waals surface area (Å²) >= 11 is 0. The Labute approximate surface area is 118 Å². The van der Waals surface area contributed by atoms with Crippen molar-refractivity contribution in [1.29, 1.82) is 0 Å². The highest BCUT2D eigenvalue weighted by atomic mass is 16.5. The molecule has 0 saturated heterocycles. The van der Waals surface area contributed by atoms with Crippen molar-refractivity contribution in [3.63, 3.8) is 0 Å². The first-order valence-corrected chi connectivity index (χ1v) is 6.51. The van der Waals surface area contributed by atoms with Crippen LogP contribution in [0.1, 0.15) is 26.2 Å². The predicted octanol–water partition coefficient (Wildman–Crippen LogP) is 2.44. The number of nitrogens with zero attached hydrogens (tertiary/aromatic N) is 1. The van der Waals surface area contributed by atoms with Crippen molar-refractivity contribution in [3.8, 4) is 5.75 Å². The van der Waals surface area contributed by atoms with Gasteiger partial charge in [-0.25, -0.2) is 4.99 Å². The highest BCUT2D eigenvalue weighted by Gasteiger charge is 1.96. The molecule has 0 unspecified atom stereocenters. The number of aliphatic imine (C=N–C) groups is 1. The second-order valence-electron chi connectivity index (χ2n) is 4.13. The van der Waals surface area contributed by atoms with Crippen LogP contribution in [0.2, 0.25) is 0 Å². The van der Waals surface area contributed by atoms with E-state index in [1.807, 2.05) is 17.6 Å². The zero-order valence-electron chi connectivity index (χ0n) is 11.5. The molecule has 0 fully saturated rings. The maximum absolute atomic E-state index is 10.5. The lowest BCUT2D eigenvalue weighted by atomic mass is 10.2. The summed E-state index contributed by atoms with van der Waals surface area (Å²) in [6.45, 7) is 2.51. The first-order valence-electron chi connectivity index (χ1n) is 6.51. The van der Waals surface area contributed by atoms with Crippen LogP contribution in [0.25, 0.3) is 0 Å². The topological polar surface area (TPSA) is 80.2 Å².